The van der Waals surface area contributed by atoms with Crippen LogP contribution in [0.3, 0.4) is 0 Å². The molecule has 0 aromatic heterocycles. The third-order valence-corrected chi connectivity index (χ3v) is 6.02. The SMILES string of the molecule is CC[C@@H](C(=O)NC(C)C)N(Cc1cccc(C)c1)C(=O)CSCc1cc(C)cc(C)c1. The second-order valence-electron chi connectivity index (χ2n) is 8.59. The number of carbonyl (C=O) groups is 2. The van der Waals surface area contributed by atoms with E-state index in [4.69, 9.17) is 0 Å². The molecule has 0 radical (unpaired) electrons. The molecular weight excluding hydrogens is 404 g/mol. The first-order valence-corrected chi connectivity index (χ1v) is 12.1. The molecule has 0 aliphatic heterocycles. The summed E-state index contributed by atoms with van der Waals surface area (Å²) in [5, 5.41) is 2.98. The van der Waals surface area contributed by atoms with Gasteiger partial charge in [-0.05, 0) is 52.2 Å². The van der Waals surface area contributed by atoms with Gasteiger partial charge in [-0.15, -0.1) is 11.8 Å². The van der Waals surface area contributed by atoms with E-state index in [1.165, 1.54) is 16.7 Å². The van der Waals surface area contributed by atoms with E-state index in [1.54, 1.807) is 16.7 Å². The molecule has 4 nitrogen and oxygen atoms in total. The lowest BCUT2D eigenvalue weighted by molar-refractivity contribution is -0.139. The average molecular weight is 441 g/mol. The minimum Gasteiger partial charge on any atom is -0.352 e. The van der Waals surface area contributed by atoms with Gasteiger partial charge in [-0.25, -0.2) is 0 Å². The number of aryl methyl sites for hydroxylation is 3. The van der Waals surface area contributed by atoms with Crippen LogP contribution >= 0.6 is 11.8 Å². The molecule has 0 fully saturated rings. The summed E-state index contributed by atoms with van der Waals surface area (Å²) in [5.41, 5.74) is 5.89. The van der Waals surface area contributed by atoms with Crippen molar-refractivity contribution < 1.29 is 9.59 Å². The summed E-state index contributed by atoms with van der Waals surface area (Å²) in [6, 6.07) is 14.2. The van der Waals surface area contributed by atoms with Crippen LogP contribution in [0.15, 0.2) is 42.5 Å². The Labute approximate surface area is 191 Å². The number of thioether (sulfide) groups is 1. The van der Waals surface area contributed by atoms with Crippen molar-refractivity contribution in [3.05, 3.63) is 70.3 Å². The fourth-order valence-electron chi connectivity index (χ4n) is 3.80. The molecule has 1 atom stereocenters. The Balaban J connectivity index is 2.15. The summed E-state index contributed by atoms with van der Waals surface area (Å²) in [6.45, 7) is 12.5. The predicted molar refractivity (Wildman–Crippen MR) is 131 cm³/mol. The quantitative estimate of drug-likeness (QED) is 0.554. The van der Waals surface area contributed by atoms with Crippen molar-refractivity contribution in [3.8, 4) is 0 Å². The van der Waals surface area contributed by atoms with E-state index in [0.29, 0.717) is 18.7 Å². The van der Waals surface area contributed by atoms with Crippen LogP contribution < -0.4 is 5.32 Å². The number of hydrogen-bond acceptors (Lipinski definition) is 3. The molecule has 31 heavy (non-hydrogen) atoms. The highest BCUT2D eigenvalue weighted by Gasteiger charge is 2.28. The van der Waals surface area contributed by atoms with Gasteiger partial charge in [0, 0.05) is 18.3 Å². The molecule has 0 heterocycles. The number of nitrogens with zero attached hydrogens (tertiary/aromatic N) is 1. The molecule has 2 aromatic carbocycles. The van der Waals surface area contributed by atoms with E-state index < -0.39 is 6.04 Å². The maximum atomic E-state index is 13.3. The summed E-state index contributed by atoms with van der Waals surface area (Å²) in [7, 11) is 0. The van der Waals surface area contributed by atoms with Crippen molar-refractivity contribution in [2.45, 2.75) is 72.3 Å². The molecule has 2 amide bonds. The normalized spacial score (nSPS) is 12.0. The first-order chi connectivity index (χ1) is 14.7. The summed E-state index contributed by atoms with van der Waals surface area (Å²) in [4.78, 5) is 27.9. The number of carbonyl (C=O) groups excluding carboxylic acids is 2. The third kappa shape index (κ3) is 8.06. The van der Waals surface area contributed by atoms with Crippen molar-refractivity contribution in [2.24, 2.45) is 0 Å². The van der Waals surface area contributed by atoms with Gasteiger partial charge < -0.3 is 10.2 Å². The van der Waals surface area contributed by atoms with Crippen LogP contribution in [0.5, 0.6) is 0 Å². The molecule has 0 unspecified atom stereocenters. The van der Waals surface area contributed by atoms with Gasteiger partial charge in [-0.2, -0.15) is 0 Å². The third-order valence-electron chi connectivity index (χ3n) is 5.03. The molecule has 0 saturated carbocycles. The van der Waals surface area contributed by atoms with E-state index in [-0.39, 0.29) is 17.9 Å². The molecule has 5 heteroatoms. The van der Waals surface area contributed by atoms with Gasteiger partial charge in [0.25, 0.3) is 0 Å². The van der Waals surface area contributed by atoms with Gasteiger partial charge in [0.15, 0.2) is 0 Å². The molecule has 168 valence electrons. The van der Waals surface area contributed by atoms with Crippen LogP contribution in [-0.2, 0) is 21.9 Å². The van der Waals surface area contributed by atoms with E-state index in [1.807, 2.05) is 45.9 Å². The Morgan fingerprint density at radius 3 is 2.19 bits per heavy atom. The largest absolute Gasteiger partial charge is 0.352 e. The minimum absolute atomic E-state index is 0.00152. The topological polar surface area (TPSA) is 49.4 Å². The van der Waals surface area contributed by atoms with Crippen molar-refractivity contribution in [1.82, 2.24) is 10.2 Å². The lowest BCUT2D eigenvalue weighted by Crippen LogP contribution is -2.50. The minimum atomic E-state index is -0.475. The van der Waals surface area contributed by atoms with Gasteiger partial charge in [0.05, 0.1) is 5.75 Å². The molecular formula is C26H36N2O2S. The first kappa shape index (κ1) is 25.0. The summed E-state index contributed by atoms with van der Waals surface area (Å²) in [6.07, 6.45) is 0.581. The molecule has 0 spiro atoms. The Bertz CT molecular complexity index is 874. The number of hydrogen-bond donors (Lipinski definition) is 1. The van der Waals surface area contributed by atoms with Crippen LogP contribution in [0.4, 0.5) is 0 Å². The Hall–Kier alpha value is -2.27. The van der Waals surface area contributed by atoms with Crippen LogP contribution in [0.2, 0.25) is 0 Å². The summed E-state index contributed by atoms with van der Waals surface area (Å²) < 4.78 is 0. The van der Waals surface area contributed by atoms with Crippen molar-refractivity contribution in [3.63, 3.8) is 0 Å². The summed E-state index contributed by atoms with van der Waals surface area (Å²) in [5.74, 6) is 1.05. The Morgan fingerprint density at radius 2 is 1.61 bits per heavy atom. The second kappa shape index (κ2) is 11.9. The van der Waals surface area contributed by atoms with Crippen LogP contribution in [0.1, 0.15) is 55.0 Å². The van der Waals surface area contributed by atoms with Crippen molar-refractivity contribution >= 4 is 23.6 Å². The van der Waals surface area contributed by atoms with Crippen LogP contribution in [0.25, 0.3) is 0 Å². The maximum Gasteiger partial charge on any atom is 0.243 e. The van der Waals surface area contributed by atoms with Gasteiger partial charge in [-0.1, -0.05) is 66.1 Å². The molecule has 0 aliphatic rings. The monoisotopic (exact) mass is 440 g/mol. The molecule has 2 rings (SSSR count). The van der Waals surface area contributed by atoms with E-state index in [9.17, 15) is 9.59 Å². The Morgan fingerprint density at radius 1 is 0.968 bits per heavy atom. The molecule has 0 saturated heterocycles. The first-order valence-electron chi connectivity index (χ1n) is 11.0. The standard InChI is InChI=1S/C26H36N2O2S/c1-7-24(26(30)27-18(2)3)28(15-22-10-8-9-19(4)12-22)25(29)17-31-16-23-13-20(5)11-21(6)14-23/h8-14,18,24H,7,15-17H2,1-6H3,(H,27,30)/t24-/m0/s1. The lowest BCUT2D eigenvalue weighted by Gasteiger charge is -2.31. The summed E-state index contributed by atoms with van der Waals surface area (Å²) >= 11 is 1.60. The fourth-order valence-corrected chi connectivity index (χ4v) is 4.64. The van der Waals surface area contributed by atoms with Gasteiger partial charge in [0.1, 0.15) is 6.04 Å². The highest BCUT2D eigenvalue weighted by molar-refractivity contribution is 7.99. The van der Waals surface area contributed by atoms with Gasteiger partial charge >= 0.3 is 0 Å². The number of rotatable bonds is 10. The molecule has 2 aromatic rings. The van der Waals surface area contributed by atoms with Crippen molar-refractivity contribution in [1.29, 1.82) is 0 Å². The van der Waals surface area contributed by atoms with Gasteiger partial charge in [-0.3, -0.25) is 9.59 Å². The molecule has 0 bridgehead atoms. The Kier molecular flexibility index (Phi) is 9.63. The predicted octanol–water partition coefficient (Wildman–Crippen LogP) is 5.18. The van der Waals surface area contributed by atoms with Crippen LogP contribution in [0, 0.1) is 20.8 Å². The van der Waals surface area contributed by atoms with Crippen molar-refractivity contribution in [2.75, 3.05) is 5.75 Å². The smallest absolute Gasteiger partial charge is 0.243 e. The van der Waals surface area contributed by atoms with Crippen LogP contribution in [-0.4, -0.2) is 34.6 Å². The van der Waals surface area contributed by atoms with E-state index in [0.717, 1.165) is 16.9 Å². The average Bonchev–Trinajstić information content (AvgIpc) is 2.66. The number of nitrogens with one attached hydrogen (secondary N) is 1. The maximum absolute atomic E-state index is 13.3. The molecule has 1 N–H and O–H groups in total. The highest BCUT2D eigenvalue weighted by Crippen LogP contribution is 2.19. The number of benzene rings is 2. The number of amides is 2. The zero-order valence-corrected chi connectivity index (χ0v) is 20.5. The lowest BCUT2D eigenvalue weighted by atomic mass is 10.1. The molecule has 0 aliphatic carbocycles. The van der Waals surface area contributed by atoms with E-state index in [2.05, 4.69) is 43.4 Å². The second-order valence-corrected chi connectivity index (χ2v) is 9.57. The highest BCUT2D eigenvalue weighted by atomic mass is 32.2. The fraction of sp³-hybridized carbons (Fsp3) is 0.462. The zero-order valence-electron chi connectivity index (χ0n) is 19.7. The zero-order chi connectivity index (χ0) is 23.0. The van der Waals surface area contributed by atoms with E-state index >= 15 is 0 Å². The van der Waals surface area contributed by atoms with Gasteiger partial charge in [0.2, 0.25) is 11.8 Å².